The number of benzene rings is 2. The predicted octanol–water partition coefficient (Wildman–Crippen LogP) is 4.01. The van der Waals surface area contributed by atoms with Crippen LogP contribution in [-0.4, -0.2) is 43.8 Å². The molecule has 0 unspecified atom stereocenters. The second-order valence-corrected chi connectivity index (χ2v) is 9.85. The molecule has 1 saturated heterocycles. The number of ether oxygens (including phenoxy) is 1. The first kappa shape index (κ1) is 23.2. The van der Waals surface area contributed by atoms with Crippen molar-refractivity contribution in [2.75, 3.05) is 18.4 Å². The summed E-state index contributed by atoms with van der Waals surface area (Å²) in [6.45, 7) is 4.27. The number of anilines is 1. The second-order valence-electron chi connectivity index (χ2n) is 7.51. The molecule has 0 spiro atoms. The molecule has 2 aromatic rings. The summed E-state index contributed by atoms with van der Waals surface area (Å²) in [6, 6.07) is 11.0. The number of piperidine rings is 1. The zero-order valence-corrected chi connectivity index (χ0v) is 19.0. The van der Waals surface area contributed by atoms with Gasteiger partial charge in [-0.15, -0.1) is 0 Å². The molecule has 1 aliphatic rings. The summed E-state index contributed by atoms with van der Waals surface area (Å²) in [5.74, 6) is -1.25. The standard InChI is InChI=1S/C22H25ClN2O5S/c1-15-6-8-17(9-7-15)22(27)30-16(2)21(26)24-20-14-18(10-11-19(20)23)31(28,29)25-12-4-3-5-13-25/h6-11,14,16H,3-5,12-13H2,1-2H3,(H,24,26)/t16-/m0/s1. The van der Waals surface area contributed by atoms with Gasteiger partial charge in [0.2, 0.25) is 10.0 Å². The number of sulfonamides is 1. The SMILES string of the molecule is Cc1ccc(C(=O)O[C@@H](C)C(=O)Nc2cc(S(=O)(=O)N3CCCCC3)ccc2Cl)cc1. The molecule has 1 amide bonds. The van der Waals surface area contributed by atoms with Crippen LogP contribution in [0.3, 0.4) is 0 Å². The number of amides is 1. The summed E-state index contributed by atoms with van der Waals surface area (Å²) in [5.41, 5.74) is 1.47. The number of hydrogen-bond acceptors (Lipinski definition) is 5. The van der Waals surface area contributed by atoms with Crippen LogP contribution in [0.15, 0.2) is 47.4 Å². The average molecular weight is 465 g/mol. The Labute approximate surface area is 187 Å². The third kappa shape index (κ3) is 5.64. The van der Waals surface area contributed by atoms with E-state index in [9.17, 15) is 18.0 Å². The van der Waals surface area contributed by atoms with E-state index in [-0.39, 0.29) is 15.6 Å². The largest absolute Gasteiger partial charge is 0.449 e. The van der Waals surface area contributed by atoms with Crippen LogP contribution in [0.1, 0.15) is 42.1 Å². The number of carbonyl (C=O) groups excluding carboxylic acids is 2. The van der Waals surface area contributed by atoms with Crippen LogP contribution in [-0.2, 0) is 19.6 Å². The average Bonchev–Trinajstić information content (AvgIpc) is 2.76. The van der Waals surface area contributed by atoms with Crippen LogP contribution in [0.25, 0.3) is 0 Å². The van der Waals surface area contributed by atoms with Gasteiger partial charge in [-0.05, 0) is 57.0 Å². The second kappa shape index (κ2) is 9.80. The molecule has 0 aromatic heterocycles. The van der Waals surface area contributed by atoms with Gasteiger partial charge >= 0.3 is 5.97 Å². The molecule has 1 aliphatic heterocycles. The number of carbonyl (C=O) groups is 2. The van der Waals surface area contributed by atoms with Gasteiger partial charge in [-0.3, -0.25) is 4.79 Å². The quantitative estimate of drug-likeness (QED) is 0.652. The zero-order chi connectivity index (χ0) is 22.6. The van der Waals surface area contributed by atoms with Crippen LogP contribution >= 0.6 is 11.6 Å². The highest BCUT2D eigenvalue weighted by molar-refractivity contribution is 7.89. The Bertz CT molecular complexity index is 1060. The maximum absolute atomic E-state index is 12.9. The lowest BCUT2D eigenvalue weighted by atomic mass is 10.1. The first-order valence-electron chi connectivity index (χ1n) is 10.1. The summed E-state index contributed by atoms with van der Waals surface area (Å²) >= 11 is 6.17. The van der Waals surface area contributed by atoms with Crippen molar-refractivity contribution >= 4 is 39.2 Å². The monoisotopic (exact) mass is 464 g/mol. The Kier molecular flexibility index (Phi) is 7.35. The third-order valence-electron chi connectivity index (χ3n) is 5.09. The smallest absolute Gasteiger partial charge is 0.338 e. The Morgan fingerprint density at radius 3 is 2.35 bits per heavy atom. The minimum atomic E-state index is -3.68. The summed E-state index contributed by atoms with van der Waals surface area (Å²) in [6.07, 6.45) is 1.54. The minimum absolute atomic E-state index is 0.0541. The molecule has 3 rings (SSSR count). The van der Waals surface area contributed by atoms with E-state index in [0.717, 1.165) is 24.8 Å². The van der Waals surface area contributed by atoms with Gasteiger partial charge in [0.1, 0.15) is 0 Å². The highest BCUT2D eigenvalue weighted by atomic mass is 35.5. The molecule has 1 atom stereocenters. The first-order valence-corrected chi connectivity index (χ1v) is 11.9. The molecule has 0 saturated carbocycles. The highest BCUT2D eigenvalue weighted by Crippen LogP contribution is 2.28. The molecule has 0 radical (unpaired) electrons. The molecule has 0 aliphatic carbocycles. The third-order valence-corrected chi connectivity index (χ3v) is 7.31. The maximum atomic E-state index is 12.9. The van der Waals surface area contributed by atoms with E-state index >= 15 is 0 Å². The van der Waals surface area contributed by atoms with Crippen LogP contribution in [0.5, 0.6) is 0 Å². The van der Waals surface area contributed by atoms with Crippen molar-refractivity contribution in [1.29, 1.82) is 0 Å². The van der Waals surface area contributed by atoms with Crippen molar-refractivity contribution in [2.24, 2.45) is 0 Å². The van der Waals surface area contributed by atoms with Crippen molar-refractivity contribution in [1.82, 2.24) is 4.31 Å². The topological polar surface area (TPSA) is 92.8 Å². The minimum Gasteiger partial charge on any atom is -0.449 e. The highest BCUT2D eigenvalue weighted by Gasteiger charge is 2.27. The number of rotatable bonds is 6. The lowest BCUT2D eigenvalue weighted by Crippen LogP contribution is -2.35. The van der Waals surface area contributed by atoms with Gasteiger partial charge in [0, 0.05) is 13.1 Å². The number of nitrogens with one attached hydrogen (secondary N) is 1. The summed E-state index contributed by atoms with van der Waals surface area (Å²) in [7, 11) is -3.68. The fraction of sp³-hybridized carbons (Fsp3) is 0.364. The molecule has 1 fully saturated rings. The molecule has 0 bridgehead atoms. The number of halogens is 1. The zero-order valence-electron chi connectivity index (χ0n) is 17.4. The molecule has 166 valence electrons. The molecule has 1 N–H and O–H groups in total. The van der Waals surface area contributed by atoms with Crippen LogP contribution in [0, 0.1) is 6.92 Å². The van der Waals surface area contributed by atoms with Gasteiger partial charge in [0.15, 0.2) is 6.10 Å². The van der Waals surface area contributed by atoms with Crippen molar-refractivity contribution in [2.45, 2.75) is 44.1 Å². The molecule has 31 heavy (non-hydrogen) atoms. The first-order chi connectivity index (χ1) is 14.7. The molecular weight excluding hydrogens is 440 g/mol. The Morgan fingerprint density at radius 2 is 1.71 bits per heavy atom. The number of esters is 1. The van der Waals surface area contributed by atoms with Crippen molar-refractivity contribution in [3.63, 3.8) is 0 Å². The maximum Gasteiger partial charge on any atom is 0.338 e. The number of aryl methyl sites for hydroxylation is 1. The number of hydrogen-bond donors (Lipinski definition) is 1. The van der Waals surface area contributed by atoms with Gasteiger partial charge in [-0.1, -0.05) is 35.7 Å². The van der Waals surface area contributed by atoms with E-state index in [4.69, 9.17) is 16.3 Å². The van der Waals surface area contributed by atoms with Crippen molar-refractivity contribution in [3.05, 3.63) is 58.6 Å². The van der Waals surface area contributed by atoms with Crippen LogP contribution < -0.4 is 5.32 Å². The van der Waals surface area contributed by atoms with Crippen LogP contribution in [0.4, 0.5) is 5.69 Å². The van der Waals surface area contributed by atoms with Gasteiger partial charge in [-0.2, -0.15) is 4.31 Å². The molecule has 1 heterocycles. The molecule has 2 aromatic carbocycles. The molecular formula is C22H25ClN2O5S. The lowest BCUT2D eigenvalue weighted by Gasteiger charge is -2.26. The van der Waals surface area contributed by atoms with E-state index in [1.807, 2.05) is 6.92 Å². The fourth-order valence-corrected chi connectivity index (χ4v) is 4.93. The Morgan fingerprint density at radius 1 is 1.06 bits per heavy atom. The van der Waals surface area contributed by atoms with Crippen molar-refractivity contribution < 1.29 is 22.7 Å². The number of nitrogens with zero attached hydrogens (tertiary/aromatic N) is 1. The van der Waals surface area contributed by atoms with E-state index < -0.39 is 28.0 Å². The predicted molar refractivity (Wildman–Crippen MR) is 119 cm³/mol. The van der Waals surface area contributed by atoms with Gasteiger partial charge < -0.3 is 10.1 Å². The van der Waals surface area contributed by atoms with Gasteiger partial charge in [0.05, 0.1) is 21.2 Å². The van der Waals surface area contributed by atoms with E-state index in [2.05, 4.69) is 5.32 Å². The Hall–Kier alpha value is -2.42. The normalized spacial score (nSPS) is 15.8. The van der Waals surface area contributed by atoms with Gasteiger partial charge in [0.25, 0.3) is 5.91 Å². The summed E-state index contributed by atoms with van der Waals surface area (Å²) < 4.78 is 32.5. The van der Waals surface area contributed by atoms with Crippen LogP contribution in [0.2, 0.25) is 5.02 Å². The lowest BCUT2D eigenvalue weighted by molar-refractivity contribution is -0.123. The van der Waals surface area contributed by atoms with E-state index in [1.54, 1.807) is 24.3 Å². The van der Waals surface area contributed by atoms with E-state index in [1.165, 1.54) is 29.4 Å². The Balaban J connectivity index is 1.71. The summed E-state index contributed by atoms with van der Waals surface area (Å²) in [4.78, 5) is 24.8. The summed E-state index contributed by atoms with van der Waals surface area (Å²) in [5, 5.41) is 2.74. The molecule has 9 heteroatoms. The van der Waals surface area contributed by atoms with E-state index in [0.29, 0.717) is 18.7 Å². The molecule has 7 nitrogen and oxygen atoms in total. The fourth-order valence-electron chi connectivity index (χ4n) is 3.22. The van der Waals surface area contributed by atoms with Crippen molar-refractivity contribution in [3.8, 4) is 0 Å². The van der Waals surface area contributed by atoms with Gasteiger partial charge in [-0.25, -0.2) is 13.2 Å².